The van der Waals surface area contributed by atoms with Crippen molar-refractivity contribution in [3.05, 3.63) is 35.4 Å². The van der Waals surface area contributed by atoms with E-state index in [1.165, 1.54) is 0 Å². The van der Waals surface area contributed by atoms with E-state index in [0.717, 1.165) is 11.1 Å². The number of carbonyl (C=O) groups excluding carboxylic acids is 2. The number of nitrogens with two attached hydrogens (primary N) is 1. The number of Topliss-reactive ketones (excluding diaryl/α,β-unsaturated/α-hetero) is 1. The van der Waals surface area contributed by atoms with Crippen molar-refractivity contribution < 1.29 is 9.59 Å². The second-order valence-electron chi connectivity index (χ2n) is 3.59. The molecule has 3 N–H and O–H groups in total. The van der Waals surface area contributed by atoms with Gasteiger partial charge in [0, 0.05) is 6.54 Å². The van der Waals surface area contributed by atoms with Gasteiger partial charge < -0.3 is 11.1 Å². The molecule has 4 heteroatoms. The number of ketones is 1. The van der Waals surface area contributed by atoms with Crippen molar-refractivity contribution in [1.82, 2.24) is 5.32 Å². The van der Waals surface area contributed by atoms with Gasteiger partial charge in [-0.05, 0) is 11.1 Å². The first kappa shape index (κ1) is 9.86. The number of hydrogen-bond acceptors (Lipinski definition) is 3. The molecule has 1 fully saturated rings. The fourth-order valence-electron chi connectivity index (χ4n) is 1.72. The van der Waals surface area contributed by atoms with Gasteiger partial charge in [0.15, 0.2) is 5.78 Å². The van der Waals surface area contributed by atoms with Crippen molar-refractivity contribution >= 4 is 11.7 Å². The summed E-state index contributed by atoms with van der Waals surface area (Å²) in [7, 11) is 0. The lowest BCUT2D eigenvalue weighted by Crippen LogP contribution is -2.20. The van der Waals surface area contributed by atoms with Crippen molar-refractivity contribution in [2.24, 2.45) is 5.73 Å². The number of rotatable bonds is 2. The highest BCUT2D eigenvalue weighted by Crippen LogP contribution is 2.21. The van der Waals surface area contributed by atoms with Crippen LogP contribution in [0.3, 0.4) is 0 Å². The lowest BCUT2D eigenvalue weighted by molar-refractivity contribution is -0.122. The molecule has 1 aromatic rings. The second kappa shape index (κ2) is 3.82. The summed E-state index contributed by atoms with van der Waals surface area (Å²) in [5, 5.41) is 2.64. The van der Waals surface area contributed by atoms with E-state index in [9.17, 15) is 9.59 Å². The Kier molecular flexibility index (Phi) is 2.51. The Morgan fingerprint density at radius 3 is 2.80 bits per heavy atom. The minimum Gasteiger partial charge on any atom is -0.342 e. The van der Waals surface area contributed by atoms with Crippen molar-refractivity contribution in [2.75, 3.05) is 0 Å². The van der Waals surface area contributed by atoms with E-state index in [1.54, 1.807) is 0 Å². The van der Waals surface area contributed by atoms with Gasteiger partial charge >= 0.3 is 0 Å². The van der Waals surface area contributed by atoms with Crippen LogP contribution >= 0.6 is 0 Å². The number of benzene rings is 1. The van der Waals surface area contributed by atoms with Gasteiger partial charge in [0.25, 0.3) is 0 Å². The molecule has 0 radical (unpaired) electrons. The van der Waals surface area contributed by atoms with Gasteiger partial charge in [-0.15, -0.1) is 0 Å². The zero-order chi connectivity index (χ0) is 10.8. The van der Waals surface area contributed by atoms with Crippen LogP contribution in [0.2, 0.25) is 0 Å². The first-order chi connectivity index (χ1) is 7.20. The average molecular weight is 204 g/mol. The normalized spacial score (nSPS) is 20.5. The summed E-state index contributed by atoms with van der Waals surface area (Å²) in [6.07, 6.45) is -0.0163. The molecule has 2 rings (SSSR count). The zero-order valence-electron chi connectivity index (χ0n) is 8.19. The Labute approximate surface area is 87.5 Å². The molecule has 1 heterocycles. The molecule has 0 aromatic heterocycles. The summed E-state index contributed by atoms with van der Waals surface area (Å²) in [5.74, 6) is -0.280. The number of amides is 1. The number of hydrogen-bond donors (Lipinski definition) is 2. The van der Waals surface area contributed by atoms with Crippen LogP contribution in [0, 0.1) is 0 Å². The lowest BCUT2D eigenvalue weighted by atomic mass is 10.0. The topological polar surface area (TPSA) is 72.2 Å². The quantitative estimate of drug-likeness (QED) is 0.679. The van der Waals surface area contributed by atoms with Crippen LogP contribution in [0.1, 0.15) is 23.6 Å². The van der Waals surface area contributed by atoms with Crippen LogP contribution < -0.4 is 11.1 Å². The molecule has 0 spiro atoms. The summed E-state index contributed by atoms with van der Waals surface area (Å²) in [5.41, 5.74) is 7.28. The smallest absolute Gasteiger partial charge is 0.228 e. The van der Waals surface area contributed by atoms with Crippen LogP contribution in [-0.2, 0) is 16.1 Å². The second-order valence-corrected chi connectivity index (χ2v) is 3.59. The Bertz CT molecular complexity index is 415. The van der Waals surface area contributed by atoms with Gasteiger partial charge in [-0.3, -0.25) is 9.59 Å². The van der Waals surface area contributed by atoms with Crippen LogP contribution in [0.25, 0.3) is 0 Å². The fourth-order valence-corrected chi connectivity index (χ4v) is 1.72. The van der Waals surface area contributed by atoms with E-state index in [1.807, 2.05) is 24.3 Å². The Balaban J connectivity index is 2.29. The third kappa shape index (κ3) is 1.89. The summed E-state index contributed by atoms with van der Waals surface area (Å²) in [6.45, 7) is 0.433. The minimum absolute atomic E-state index is 0.0163. The van der Waals surface area contributed by atoms with E-state index in [4.69, 9.17) is 5.73 Å². The molecule has 78 valence electrons. The summed E-state index contributed by atoms with van der Waals surface area (Å²) < 4.78 is 0. The van der Waals surface area contributed by atoms with Gasteiger partial charge in [-0.25, -0.2) is 0 Å². The first-order valence-electron chi connectivity index (χ1n) is 4.81. The molecule has 15 heavy (non-hydrogen) atoms. The average Bonchev–Trinajstić information content (AvgIpc) is 2.58. The fraction of sp³-hybridized carbons (Fsp3) is 0.273. The van der Waals surface area contributed by atoms with Crippen molar-refractivity contribution in [3.8, 4) is 0 Å². The summed E-state index contributed by atoms with van der Waals surface area (Å²) in [4.78, 5) is 22.5. The molecular formula is C11H12N2O2. The van der Waals surface area contributed by atoms with Gasteiger partial charge in [0.1, 0.15) is 6.04 Å². The van der Waals surface area contributed by atoms with E-state index in [0.29, 0.717) is 6.54 Å². The summed E-state index contributed by atoms with van der Waals surface area (Å²) in [6, 6.07) is 6.94. The molecule has 0 saturated carbocycles. The maximum Gasteiger partial charge on any atom is 0.228 e. The molecule has 4 nitrogen and oxygen atoms in total. The monoisotopic (exact) mass is 204 g/mol. The zero-order valence-corrected chi connectivity index (χ0v) is 8.19. The number of nitrogens with one attached hydrogen (secondary N) is 1. The predicted molar refractivity (Wildman–Crippen MR) is 54.8 cm³/mol. The van der Waals surface area contributed by atoms with Gasteiger partial charge in [-0.1, -0.05) is 24.3 Å². The minimum atomic E-state index is -0.482. The van der Waals surface area contributed by atoms with E-state index >= 15 is 0 Å². The van der Waals surface area contributed by atoms with Crippen LogP contribution in [0.5, 0.6) is 0 Å². The Morgan fingerprint density at radius 1 is 1.40 bits per heavy atom. The molecule has 1 atom stereocenters. The predicted octanol–water partition coefficient (Wildman–Crippen LogP) is 0.275. The van der Waals surface area contributed by atoms with E-state index in [2.05, 4.69) is 5.32 Å². The molecule has 1 aliphatic heterocycles. The van der Waals surface area contributed by atoms with Crippen molar-refractivity contribution in [1.29, 1.82) is 0 Å². The van der Waals surface area contributed by atoms with Crippen LogP contribution in [0.15, 0.2) is 24.3 Å². The standard InChI is InChI=1S/C11H12N2O2/c12-6-7-2-1-3-8(4-7)11-9(14)5-10(15)13-11/h1-4,11H,5-6,12H2,(H,13,15). The van der Waals surface area contributed by atoms with Gasteiger partial charge in [0.05, 0.1) is 6.42 Å². The third-order valence-corrected chi connectivity index (χ3v) is 2.48. The highest BCUT2D eigenvalue weighted by atomic mass is 16.2. The van der Waals surface area contributed by atoms with Crippen LogP contribution in [-0.4, -0.2) is 11.7 Å². The molecule has 1 aliphatic rings. The Hall–Kier alpha value is -1.68. The van der Waals surface area contributed by atoms with E-state index in [-0.39, 0.29) is 18.1 Å². The third-order valence-electron chi connectivity index (χ3n) is 2.48. The highest BCUT2D eigenvalue weighted by molar-refractivity contribution is 6.07. The van der Waals surface area contributed by atoms with Gasteiger partial charge in [0.2, 0.25) is 5.91 Å². The van der Waals surface area contributed by atoms with E-state index < -0.39 is 6.04 Å². The molecule has 1 aromatic carbocycles. The highest BCUT2D eigenvalue weighted by Gasteiger charge is 2.30. The number of carbonyl (C=O) groups is 2. The largest absolute Gasteiger partial charge is 0.342 e. The van der Waals surface area contributed by atoms with Gasteiger partial charge in [-0.2, -0.15) is 0 Å². The first-order valence-corrected chi connectivity index (χ1v) is 4.81. The summed E-state index contributed by atoms with van der Waals surface area (Å²) >= 11 is 0. The molecule has 1 saturated heterocycles. The maximum atomic E-state index is 11.5. The molecule has 1 unspecified atom stereocenters. The lowest BCUT2D eigenvalue weighted by Gasteiger charge is -2.09. The molecule has 0 aliphatic carbocycles. The SMILES string of the molecule is NCc1cccc(C2NC(=O)CC2=O)c1. The van der Waals surface area contributed by atoms with Crippen molar-refractivity contribution in [2.45, 2.75) is 19.0 Å². The maximum absolute atomic E-state index is 11.5. The Morgan fingerprint density at radius 2 is 2.20 bits per heavy atom. The van der Waals surface area contributed by atoms with Crippen molar-refractivity contribution in [3.63, 3.8) is 0 Å². The van der Waals surface area contributed by atoms with Crippen LogP contribution in [0.4, 0.5) is 0 Å². The molecular weight excluding hydrogens is 192 g/mol. The molecule has 1 amide bonds. The molecule has 0 bridgehead atoms.